The van der Waals surface area contributed by atoms with Crippen LogP contribution < -0.4 is 15.8 Å². The van der Waals surface area contributed by atoms with Crippen molar-refractivity contribution in [3.63, 3.8) is 0 Å². The molecule has 1 aliphatic carbocycles. The average Bonchev–Trinajstić information content (AvgIpc) is 3.95. The van der Waals surface area contributed by atoms with E-state index >= 15 is 0 Å². The van der Waals surface area contributed by atoms with E-state index in [1.807, 2.05) is 17.0 Å². The number of hydrogen-bond acceptors (Lipinski definition) is 9. The Morgan fingerprint density at radius 2 is 1.90 bits per heavy atom. The SMILES string of the molecule is COc1cc(F)cc2c1CC[C@@H]2Nc1nccc2cc(-c3c4c(nc(CCc5ccc(F)cc5)c3-c3n[nH]c(=O)o3)[C@H]3CCCN3C4=O)sc12. The summed E-state index contributed by atoms with van der Waals surface area (Å²) in [5, 5.41) is 11.1. The van der Waals surface area contributed by atoms with Crippen LogP contribution >= 0.6 is 11.3 Å². The van der Waals surface area contributed by atoms with Gasteiger partial charge in [0.2, 0.25) is 0 Å². The number of pyridine rings is 2. The van der Waals surface area contributed by atoms with E-state index < -0.39 is 5.76 Å². The Hall–Kier alpha value is -5.43. The highest BCUT2D eigenvalue weighted by Gasteiger charge is 2.45. The molecule has 1 amide bonds. The van der Waals surface area contributed by atoms with Crippen LogP contribution in [0, 0.1) is 11.6 Å². The predicted octanol–water partition coefficient (Wildman–Crippen LogP) is 7.16. The molecule has 0 spiro atoms. The van der Waals surface area contributed by atoms with E-state index in [0.717, 1.165) is 57.3 Å². The maximum Gasteiger partial charge on any atom is 0.434 e. The predicted molar refractivity (Wildman–Crippen MR) is 183 cm³/mol. The summed E-state index contributed by atoms with van der Waals surface area (Å²) in [6.07, 6.45) is 5.87. The molecule has 10 nitrogen and oxygen atoms in total. The van der Waals surface area contributed by atoms with Crippen LogP contribution in [0.2, 0.25) is 0 Å². The minimum atomic E-state index is -0.722. The van der Waals surface area contributed by atoms with Crippen molar-refractivity contribution in [3.05, 3.63) is 111 Å². The van der Waals surface area contributed by atoms with Crippen molar-refractivity contribution in [2.24, 2.45) is 0 Å². The minimum Gasteiger partial charge on any atom is -0.496 e. The molecule has 13 heteroatoms. The number of thiophene rings is 1. The van der Waals surface area contributed by atoms with Crippen LogP contribution in [0.3, 0.4) is 0 Å². The molecule has 1 fully saturated rings. The van der Waals surface area contributed by atoms with Crippen LogP contribution in [-0.4, -0.2) is 44.6 Å². The Kier molecular flexibility index (Phi) is 7.27. The van der Waals surface area contributed by atoms with Crippen molar-refractivity contribution < 1.29 is 22.7 Å². The van der Waals surface area contributed by atoms with E-state index in [1.54, 1.807) is 31.5 Å². The lowest BCUT2D eigenvalue weighted by Gasteiger charge is -2.16. The van der Waals surface area contributed by atoms with Gasteiger partial charge in [-0.3, -0.25) is 9.78 Å². The van der Waals surface area contributed by atoms with Crippen LogP contribution in [0.1, 0.15) is 69.8 Å². The monoisotopic (exact) mass is 692 g/mol. The van der Waals surface area contributed by atoms with Gasteiger partial charge in [0.05, 0.1) is 46.4 Å². The molecule has 2 aliphatic heterocycles. The second-order valence-electron chi connectivity index (χ2n) is 12.9. The Balaban J connectivity index is 1.20. The van der Waals surface area contributed by atoms with E-state index in [2.05, 4.69) is 15.5 Å². The molecule has 252 valence electrons. The van der Waals surface area contributed by atoms with Gasteiger partial charge in [0.15, 0.2) is 0 Å². The molecule has 2 N–H and O–H groups in total. The molecule has 0 radical (unpaired) electrons. The summed E-state index contributed by atoms with van der Waals surface area (Å²) in [5.74, 6) is -0.283. The first-order chi connectivity index (χ1) is 24.4. The number of fused-ring (bicyclic) bond motifs is 5. The molecule has 0 bridgehead atoms. The Morgan fingerprint density at radius 1 is 1.04 bits per heavy atom. The van der Waals surface area contributed by atoms with Crippen LogP contribution in [0.4, 0.5) is 14.6 Å². The van der Waals surface area contributed by atoms with Gasteiger partial charge in [-0.15, -0.1) is 16.4 Å². The van der Waals surface area contributed by atoms with Gasteiger partial charge in [-0.1, -0.05) is 12.1 Å². The van der Waals surface area contributed by atoms with E-state index in [4.69, 9.17) is 19.1 Å². The third-order valence-electron chi connectivity index (χ3n) is 10.0. The van der Waals surface area contributed by atoms with Crippen molar-refractivity contribution in [3.8, 4) is 27.6 Å². The zero-order valence-corrected chi connectivity index (χ0v) is 27.7. The number of halogens is 2. The second-order valence-corrected chi connectivity index (χ2v) is 13.9. The highest BCUT2D eigenvalue weighted by Crippen LogP contribution is 2.50. The molecule has 6 aromatic rings. The fourth-order valence-electron chi connectivity index (χ4n) is 7.80. The number of aromatic nitrogens is 4. The smallest absolute Gasteiger partial charge is 0.434 e. The molecule has 3 aliphatic rings. The fourth-order valence-corrected chi connectivity index (χ4v) is 8.97. The van der Waals surface area contributed by atoms with Gasteiger partial charge >= 0.3 is 5.76 Å². The summed E-state index contributed by atoms with van der Waals surface area (Å²) >= 11 is 1.47. The van der Waals surface area contributed by atoms with Gasteiger partial charge in [0.25, 0.3) is 11.8 Å². The van der Waals surface area contributed by atoms with Crippen molar-refractivity contribution >= 4 is 33.1 Å². The maximum absolute atomic E-state index is 14.6. The lowest BCUT2D eigenvalue weighted by atomic mass is 9.93. The van der Waals surface area contributed by atoms with E-state index in [1.165, 1.54) is 29.5 Å². The molecular formula is C37H30F2N6O4S. The van der Waals surface area contributed by atoms with Gasteiger partial charge in [-0.2, -0.15) is 0 Å². The Bertz CT molecular complexity index is 2390. The maximum atomic E-state index is 14.6. The third kappa shape index (κ3) is 4.98. The van der Waals surface area contributed by atoms with Crippen LogP contribution in [0.15, 0.2) is 63.9 Å². The lowest BCUT2D eigenvalue weighted by Crippen LogP contribution is -2.22. The molecule has 1 saturated heterocycles. The topological polar surface area (TPSA) is 126 Å². The first kappa shape index (κ1) is 30.6. The van der Waals surface area contributed by atoms with Crippen LogP contribution in [-0.2, 0) is 19.3 Å². The van der Waals surface area contributed by atoms with Gasteiger partial charge in [-0.25, -0.2) is 23.7 Å². The molecular weight excluding hydrogens is 663 g/mol. The first-order valence-corrected chi connectivity index (χ1v) is 17.4. The average molecular weight is 693 g/mol. The summed E-state index contributed by atoms with van der Waals surface area (Å²) in [5.41, 5.74) is 5.66. The number of nitrogens with zero attached hydrogens (tertiary/aromatic N) is 4. The number of H-pyrrole nitrogens is 1. The number of rotatable bonds is 8. The second kappa shape index (κ2) is 11.9. The van der Waals surface area contributed by atoms with Crippen LogP contribution in [0.25, 0.3) is 32.0 Å². The van der Waals surface area contributed by atoms with E-state index in [-0.39, 0.29) is 35.5 Å². The molecule has 4 aromatic heterocycles. The zero-order valence-electron chi connectivity index (χ0n) is 26.9. The van der Waals surface area contributed by atoms with Gasteiger partial charge in [0.1, 0.15) is 23.2 Å². The molecule has 50 heavy (non-hydrogen) atoms. The number of nitrogens with one attached hydrogen (secondary N) is 2. The number of methoxy groups -OCH3 is 1. The van der Waals surface area contributed by atoms with Crippen molar-refractivity contribution in [2.75, 3.05) is 19.0 Å². The third-order valence-corrected chi connectivity index (χ3v) is 11.2. The quantitative estimate of drug-likeness (QED) is 0.172. The van der Waals surface area contributed by atoms with Crippen molar-refractivity contribution in [1.29, 1.82) is 0 Å². The number of carbonyl (C=O) groups is 1. The zero-order chi connectivity index (χ0) is 34.1. The van der Waals surface area contributed by atoms with Crippen molar-refractivity contribution in [1.82, 2.24) is 25.1 Å². The fraction of sp³-hybridized carbons (Fsp3) is 0.270. The summed E-state index contributed by atoms with van der Waals surface area (Å²) in [4.78, 5) is 39.0. The number of aromatic amines is 1. The van der Waals surface area contributed by atoms with E-state index in [0.29, 0.717) is 59.0 Å². The number of anilines is 1. The van der Waals surface area contributed by atoms with Gasteiger partial charge in [0, 0.05) is 29.2 Å². The van der Waals surface area contributed by atoms with Gasteiger partial charge in [-0.05, 0) is 90.9 Å². The lowest BCUT2D eigenvalue weighted by molar-refractivity contribution is 0.0776. The first-order valence-electron chi connectivity index (χ1n) is 16.6. The number of carbonyl (C=O) groups excluding carboxylic acids is 1. The highest BCUT2D eigenvalue weighted by atomic mass is 32.1. The molecule has 6 heterocycles. The molecule has 2 aromatic carbocycles. The summed E-state index contributed by atoms with van der Waals surface area (Å²) in [6, 6.07) is 12.9. The van der Waals surface area contributed by atoms with Crippen LogP contribution in [0.5, 0.6) is 5.75 Å². The largest absolute Gasteiger partial charge is 0.496 e. The molecule has 0 saturated carbocycles. The molecule has 9 rings (SSSR count). The molecule has 2 atom stereocenters. The summed E-state index contributed by atoms with van der Waals surface area (Å²) < 4.78 is 40.2. The normalized spacial score (nSPS) is 17.7. The van der Waals surface area contributed by atoms with Crippen molar-refractivity contribution in [2.45, 2.75) is 50.6 Å². The highest BCUT2D eigenvalue weighted by molar-refractivity contribution is 7.23. The minimum absolute atomic E-state index is 0.0433. The number of benzene rings is 2. The number of aryl methyl sites for hydroxylation is 2. The standard InChI is InChI=1S/C37H30F2N6O4S/c1-48-27-17-21(39)16-23-22(27)9-11-24(23)42-34-33-19(12-13-40-34)15-28(50-33)30-29(35-43-44-37(47)49-35)25(10-6-18-4-7-20(38)8-5-18)41-32-26-3-2-14-45(26)36(46)31(30)32/h4-5,7-8,12-13,15-17,24,26H,2-3,6,9-11,14H2,1H3,(H,40,42)(H,44,47)/t24-,26+/m0/s1. The number of hydrogen-bond donors (Lipinski definition) is 2. The number of ether oxygens (including phenoxy) is 1. The summed E-state index contributed by atoms with van der Waals surface area (Å²) in [6.45, 7) is 0.635. The van der Waals surface area contributed by atoms with Gasteiger partial charge < -0.3 is 19.4 Å². The molecule has 0 unspecified atom stereocenters. The Labute approximate surface area is 288 Å². The summed E-state index contributed by atoms with van der Waals surface area (Å²) in [7, 11) is 1.55. The Morgan fingerprint density at radius 3 is 2.70 bits per heavy atom. The van der Waals surface area contributed by atoms with E-state index in [9.17, 15) is 18.4 Å². The number of amides is 1.